The van der Waals surface area contributed by atoms with Crippen molar-refractivity contribution in [2.45, 2.75) is 17.9 Å². The van der Waals surface area contributed by atoms with Crippen LogP contribution >= 0.6 is 11.8 Å². The van der Waals surface area contributed by atoms with Crippen molar-refractivity contribution in [3.8, 4) is 6.07 Å². The highest BCUT2D eigenvalue weighted by atomic mass is 32.2. The summed E-state index contributed by atoms with van der Waals surface area (Å²) in [7, 11) is 0. The summed E-state index contributed by atoms with van der Waals surface area (Å²) in [4.78, 5) is 13.2. The highest BCUT2D eigenvalue weighted by Crippen LogP contribution is 2.23. The first kappa shape index (κ1) is 15.1. The largest absolute Gasteiger partial charge is 0.345 e. The van der Waals surface area contributed by atoms with Crippen molar-refractivity contribution in [2.75, 3.05) is 5.75 Å². The fourth-order valence-corrected chi connectivity index (χ4v) is 2.70. The van der Waals surface area contributed by atoms with Gasteiger partial charge in [-0.1, -0.05) is 42.5 Å². The Hall–Kier alpha value is -2.25. The van der Waals surface area contributed by atoms with Gasteiger partial charge in [-0.15, -0.1) is 11.8 Å². The van der Waals surface area contributed by atoms with E-state index in [4.69, 9.17) is 5.26 Å². The average molecular weight is 296 g/mol. The van der Waals surface area contributed by atoms with Crippen molar-refractivity contribution in [1.82, 2.24) is 5.32 Å². The Kier molecular flexibility index (Phi) is 5.42. The number of nitrogens with one attached hydrogen (secondary N) is 1. The van der Waals surface area contributed by atoms with Gasteiger partial charge in [-0.3, -0.25) is 4.79 Å². The highest BCUT2D eigenvalue weighted by Gasteiger charge is 2.14. The third-order valence-corrected chi connectivity index (χ3v) is 4.01. The van der Waals surface area contributed by atoms with E-state index in [-0.39, 0.29) is 11.9 Å². The number of carbonyl (C=O) groups excluding carboxylic acids is 1. The molecule has 0 heterocycles. The third-order valence-electron chi connectivity index (χ3n) is 3.07. The van der Waals surface area contributed by atoms with Crippen molar-refractivity contribution in [3.05, 3.63) is 65.7 Å². The van der Waals surface area contributed by atoms with Crippen molar-refractivity contribution < 1.29 is 4.79 Å². The minimum absolute atomic E-state index is 0.0623. The molecular weight excluding hydrogens is 280 g/mol. The molecule has 0 aliphatic carbocycles. The van der Waals surface area contributed by atoms with Crippen molar-refractivity contribution in [1.29, 1.82) is 5.26 Å². The Morgan fingerprint density at radius 1 is 1.19 bits per heavy atom. The molecule has 0 radical (unpaired) electrons. The predicted octanol–water partition coefficient (Wildman–Crippen LogP) is 3.79. The van der Waals surface area contributed by atoms with Gasteiger partial charge >= 0.3 is 0 Å². The number of thioether (sulfide) groups is 1. The lowest BCUT2D eigenvalue weighted by Gasteiger charge is -2.15. The monoisotopic (exact) mass is 296 g/mol. The van der Waals surface area contributed by atoms with E-state index < -0.39 is 0 Å². The molecule has 1 atom stereocenters. The first-order valence-corrected chi connectivity index (χ1v) is 7.65. The Bertz CT molecular complexity index is 649. The first-order chi connectivity index (χ1) is 10.2. The summed E-state index contributed by atoms with van der Waals surface area (Å²) in [5, 5.41) is 11.7. The smallest absolute Gasteiger partial charge is 0.252 e. The number of hydrogen-bond acceptors (Lipinski definition) is 3. The minimum atomic E-state index is -0.118. The summed E-state index contributed by atoms with van der Waals surface area (Å²) >= 11 is 1.38. The molecule has 4 heteroatoms. The van der Waals surface area contributed by atoms with Gasteiger partial charge in [-0.05, 0) is 24.6 Å². The van der Waals surface area contributed by atoms with Crippen LogP contribution in [0, 0.1) is 11.3 Å². The quantitative estimate of drug-likeness (QED) is 0.854. The molecule has 1 amide bonds. The third kappa shape index (κ3) is 4.11. The fraction of sp³-hybridized carbons (Fsp3) is 0.176. The summed E-state index contributed by atoms with van der Waals surface area (Å²) in [5.41, 5.74) is 1.67. The maximum Gasteiger partial charge on any atom is 0.252 e. The summed E-state index contributed by atoms with van der Waals surface area (Å²) in [6.45, 7) is 1.96. The Balaban J connectivity index is 2.12. The zero-order chi connectivity index (χ0) is 15.1. The number of nitriles is 1. The fourth-order valence-electron chi connectivity index (χ4n) is 1.99. The van der Waals surface area contributed by atoms with E-state index in [1.165, 1.54) is 11.8 Å². The maximum absolute atomic E-state index is 12.4. The minimum Gasteiger partial charge on any atom is -0.345 e. The van der Waals surface area contributed by atoms with Gasteiger partial charge in [-0.25, -0.2) is 0 Å². The standard InChI is InChI=1S/C17H16N2OS/c1-13(14-7-3-2-4-8-14)19-17(20)15-9-5-6-10-16(15)21-12-11-18/h2-10,13H,12H2,1H3,(H,19,20)/t13-/m0/s1. The average Bonchev–Trinajstić information content (AvgIpc) is 2.54. The van der Waals surface area contributed by atoms with Crippen LogP contribution in [-0.2, 0) is 0 Å². The Morgan fingerprint density at radius 2 is 1.86 bits per heavy atom. The second-order valence-corrected chi connectivity index (χ2v) is 5.57. The van der Waals surface area contributed by atoms with Gasteiger partial charge in [-0.2, -0.15) is 5.26 Å². The zero-order valence-corrected chi connectivity index (χ0v) is 12.6. The topological polar surface area (TPSA) is 52.9 Å². The van der Waals surface area contributed by atoms with E-state index >= 15 is 0 Å². The van der Waals surface area contributed by atoms with E-state index in [1.54, 1.807) is 6.07 Å². The molecule has 3 nitrogen and oxygen atoms in total. The van der Waals surface area contributed by atoms with Crippen LogP contribution < -0.4 is 5.32 Å². The SMILES string of the molecule is C[C@H](NC(=O)c1ccccc1SCC#N)c1ccccc1. The van der Waals surface area contributed by atoms with Gasteiger partial charge in [0.25, 0.3) is 5.91 Å². The van der Waals surface area contributed by atoms with Crippen LogP contribution in [0.3, 0.4) is 0 Å². The number of hydrogen-bond donors (Lipinski definition) is 1. The van der Waals surface area contributed by atoms with Gasteiger partial charge < -0.3 is 5.32 Å². The lowest BCUT2D eigenvalue weighted by Crippen LogP contribution is -2.27. The zero-order valence-electron chi connectivity index (χ0n) is 11.7. The molecule has 21 heavy (non-hydrogen) atoms. The second-order valence-electron chi connectivity index (χ2n) is 4.55. The van der Waals surface area contributed by atoms with Crippen molar-refractivity contribution >= 4 is 17.7 Å². The molecule has 0 saturated heterocycles. The molecule has 0 unspecified atom stereocenters. The Morgan fingerprint density at radius 3 is 2.57 bits per heavy atom. The molecular formula is C17H16N2OS. The molecule has 1 N–H and O–H groups in total. The van der Waals surface area contributed by atoms with Gasteiger partial charge in [0, 0.05) is 4.90 Å². The van der Waals surface area contributed by atoms with E-state index in [0.29, 0.717) is 11.3 Å². The lowest BCUT2D eigenvalue weighted by atomic mass is 10.1. The van der Waals surface area contributed by atoms with E-state index in [9.17, 15) is 4.79 Å². The number of rotatable bonds is 5. The normalized spacial score (nSPS) is 11.4. The number of benzene rings is 2. The maximum atomic E-state index is 12.4. The van der Waals surface area contributed by atoms with Crippen LogP contribution in [0.5, 0.6) is 0 Å². The summed E-state index contributed by atoms with van der Waals surface area (Å²) in [6.07, 6.45) is 0. The van der Waals surface area contributed by atoms with Crippen molar-refractivity contribution in [3.63, 3.8) is 0 Å². The van der Waals surface area contributed by atoms with Gasteiger partial charge in [0.15, 0.2) is 0 Å². The number of nitrogens with zero attached hydrogens (tertiary/aromatic N) is 1. The highest BCUT2D eigenvalue weighted by molar-refractivity contribution is 7.99. The van der Waals surface area contributed by atoms with Crippen molar-refractivity contribution in [2.24, 2.45) is 0 Å². The van der Waals surface area contributed by atoms with E-state index in [1.807, 2.05) is 55.5 Å². The molecule has 0 bridgehead atoms. The number of carbonyl (C=O) groups is 1. The molecule has 0 aliphatic rings. The van der Waals surface area contributed by atoms with E-state index in [0.717, 1.165) is 10.5 Å². The summed E-state index contributed by atoms with van der Waals surface area (Å²) in [5.74, 6) is 0.214. The molecule has 0 aliphatic heterocycles. The molecule has 2 rings (SSSR count). The van der Waals surface area contributed by atoms with Crippen LogP contribution in [0.1, 0.15) is 28.9 Å². The molecule has 0 saturated carbocycles. The molecule has 0 spiro atoms. The molecule has 106 valence electrons. The predicted molar refractivity (Wildman–Crippen MR) is 85.1 cm³/mol. The van der Waals surface area contributed by atoms with Gasteiger partial charge in [0.05, 0.1) is 23.4 Å². The van der Waals surface area contributed by atoms with Crippen LogP contribution in [0.25, 0.3) is 0 Å². The summed E-state index contributed by atoms with van der Waals surface area (Å²) in [6, 6.07) is 19.2. The summed E-state index contributed by atoms with van der Waals surface area (Å²) < 4.78 is 0. The van der Waals surface area contributed by atoms with E-state index in [2.05, 4.69) is 11.4 Å². The Labute approximate surface area is 129 Å². The van der Waals surface area contributed by atoms with Crippen LogP contribution in [0.2, 0.25) is 0 Å². The first-order valence-electron chi connectivity index (χ1n) is 6.67. The van der Waals surface area contributed by atoms with Crippen LogP contribution in [-0.4, -0.2) is 11.7 Å². The molecule has 0 aromatic heterocycles. The van der Waals surface area contributed by atoms with Crippen LogP contribution in [0.15, 0.2) is 59.5 Å². The molecule has 0 fully saturated rings. The second kappa shape index (κ2) is 7.51. The molecule has 2 aromatic carbocycles. The molecule has 2 aromatic rings. The van der Waals surface area contributed by atoms with Gasteiger partial charge in [0.2, 0.25) is 0 Å². The lowest BCUT2D eigenvalue weighted by molar-refractivity contribution is 0.0937. The van der Waals surface area contributed by atoms with Crippen LogP contribution in [0.4, 0.5) is 0 Å². The van der Waals surface area contributed by atoms with Gasteiger partial charge in [0.1, 0.15) is 0 Å². The number of amides is 1.